The normalized spacial score (nSPS) is 15.8. The highest BCUT2D eigenvalue weighted by Crippen LogP contribution is 2.13. The van der Waals surface area contributed by atoms with Gasteiger partial charge in [0.25, 0.3) is 10.2 Å². The van der Waals surface area contributed by atoms with Crippen LogP contribution in [-0.2, 0) is 15.0 Å². The largest absolute Gasteiger partial charge is 0.481 e. The van der Waals surface area contributed by atoms with E-state index < -0.39 is 40.9 Å². The third-order valence-electron chi connectivity index (χ3n) is 2.51. The van der Waals surface area contributed by atoms with Gasteiger partial charge in [-0.1, -0.05) is 13.3 Å². The average molecular weight is 320 g/mol. The number of rotatable bonds is 9. The van der Waals surface area contributed by atoms with E-state index in [0.717, 1.165) is 0 Å². The van der Waals surface area contributed by atoms with Gasteiger partial charge in [0.2, 0.25) is 0 Å². The summed E-state index contributed by atoms with van der Waals surface area (Å²) in [6.45, 7) is 1.39. The van der Waals surface area contributed by atoms with Crippen molar-refractivity contribution in [2.75, 3.05) is 6.54 Å². The zero-order valence-corrected chi connectivity index (χ0v) is 12.0. The fourth-order valence-corrected chi connectivity index (χ4v) is 2.48. The van der Waals surface area contributed by atoms with Gasteiger partial charge >= 0.3 is 12.1 Å². The molecule has 0 rings (SSSR count). The van der Waals surface area contributed by atoms with Gasteiger partial charge in [0.1, 0.15) is 6.54 Å². The first-order valence-corrected chi connectivity index (χ1v) is 7.48. The van der Waals surface area contributed by atoms with Crippen molar-refractivity contribution in [3.63, 3.8) is 0 Å². The molecule has 2 atom stereocenters. The maximum absolute atomic E-state index is 11.9. The van der Waals surface area contributed by atoms with E-state index in [9.17, 15) is 26.4 Å². The van der Waals surface area contributed by atoms with Gasteiger partial charge in [-0.3, -0.25) is 4.79 Å². The third kappa shape index (κ3) is 9.98. The van der Waals surface area contributed by atoms with Gasteiger partial charge in [-0.15, -0.1) is 0 Å². The van der Waals surface area contributed by atoms with Gasteiger partial charge in [0, 0.05) is 6.04 Å². The molecule has 0 heterocycles. The maximum atomic E-state index is 11.9. The Morgan fingerprint density at radius 2 is 1.80 bits per heavy atom. The standard InChI is InChI=1S/C10H19F3N2O4S/c1-7(9(16)17)4-3-5-8(2)15-20(18,19)14-6-10(11,12)13/h7-8,14-15H,3-6H2,1-2H3,(H,16,17). The first kappa shape index (κ1) is 19.1. The van der Waals surface area contributed by atoms with Crippen LogP contribution < -0.4 is 9.44 Å². The highest BCUT2D eigenvalue weighted by molar-refractivity contribution is 7.87. The minimum atomic E-state index is -4.62. The number of carboxylic acid groups (broad SMARTS) is 1. The number of nitrogens with one attached hydrogen (secondary N) is 2. The summed E-state index contributed by atoms with van der Waals surface area (Å²) in [5.74, 6) is -1.48. The Morgan fingerprint density at radius 3 is 2.25 bits per heavy atom. The summed E-state index contributed by atoms with van der Waals surface area (Å²) in [7, 11) is -4.22. The summed E-state index contributed by atoms with van der Waals surface area (Å²) >= 11 is 0. The minimum Gasteiger partial charge on any atom is -0.481 e. The highest BCUT2D eigenvalue weighted by atomic mass is 32.2. The Bertz CT molecular complexity index is 411. The van der Waals surface area contributed by atoms with Gasteiger partial charge in [-0.05, 0) is 19.8 Å². The third-order valence-corrected chi connectivity index (χ3v) is 3.75. The molecule has 0 spiro atoms. The quantitative estimate of drug-likeness (QED) is 0.596. The molecule has 0 bridgehead atoms. The van der Waals surface area contributed by atoms with Crippen molar-refractivity contribution in [1.29, 1.82) is 0 Å². The van der Waals surface area contributed by atoms with Crippen molar-refractivity contribution in [2.24, 2.45) is 5.92 Å². The van der Waals surface area contributed by atoms with E-state index in [0.29, 0.717) is 19.3 Å². The number of alkyl halides is 3. The molecule has 0 aromatic rings. The van der Waals surface area contributed by atoms with Crippen molar-refractivity contribution in [1.82, 2.24) is 9.44 Å². The number of carbonyl (C=O) groups is 1. The molecule has 2 unspecified atom stereocenters. The predicted molar refractivity (Wildman–Crippen MR) is 66.2 cm³/mol. The number of carboxylic acids is 1. The molecule has 0 fully saturated rings. The SMILES string of the molecule is CC(CCCC(C)C(=O)O)NS(=O)(=O)NCC(F)(F)F. The van der Waals surface area contributed by atoms with Crippen LogP contribution in [0.25, 0.3) is 0 Å². The average Bonchev–Trinajstić information content (AvgIpc) is 2.24. The summed E-state index contributed by atoms with van der Waals surface area (Å²) in [5, 5.41) is 8.65. The number of aliphatic carboxylic acids is 1. The van der Waals surface area contributed by atoms with E-state index in [2.05, 4.69) is 0 Å². The number of hydrogen-bond donors (Lipinski definition) is 3. The second-order valence-corrected chi connectivity index (χ2v) is 6.16. The van der Waals surface area contributed by atoms with Gasteiger partial charge in [0.05, 0.1) is 5.92 Å². The van der Waals surface area contributed by atoms with Gasteiger partial charge in [0.15, 0.2) is 0 Å². The summed E-state index contributed by atoms with van der Waals surface area (Å²) < 4.78 is 61.6. The molecule has 0 aromatic heterocycles. The van der Waals surface area contributed by atoms with Crippen LogP contribution in [0, 0.1) is 5.92 Å². The molecular formula is C10H19F3N2O4S. The molecule has 0 saturated carbocycles. The smallest absolute Gasteiger partial charge is 0.402 e. The van der Waals surface area contributed by atoms with E-state index in [4.69, 9.17) is 5.11 Å². The van der Waals surface area contributed by atoms with Gasteiger partial charge in [-0.25, -0.2) is 0 Å². The fourth-order valence-electron chi connectivity index (χ4n) is 1.40. The Morgan fingerprint density at radius 1 is 1.25 bits per heavy atom. The van der Waals surface area contributed by atoms with E-state index in [1.807, 2.05) is 4.72 Å². The molecule has 0 aliphatic carbocycles. The summed E-state index contributed by atoms with van der Waals surface area (Å²) in [6, 6.07) is -0.582. The van der Waals surface area contributed by atoms with Gasteiger partial charge < -0.3 is 5.11 Å². The maximum Gasteiger partial charge on any atom is 0.402 e. The van der Waals surface area contributed by atoms with Crippen LogP contribution in [0.2, 0.25) is 0 Å². The Balaban J connectivity index is 4.06. The molecule has 0 amide bonds. The van der Waals surface area contributed by atoms with Crippen molar-refractivity contribution < 1.29 is 31.5 Å². The Kier molecular flexibility index (Phi) is 7.45. The molecule has 10 heteroatoms. The van der Waals surface area contributed by atoms with Crippen LogP contribution in [0.5, 0.6) is 0 Å². The first-order chi connectivity index (χ1) is 8.93. The molecule has 0 aliphatic rings. The van der Waals surface area contributed by atoms with Crippen LogP contribution in [0.1, 0.15) is 33.1 Å². The van der Waals surface area contributed by atoms with Crippen molar-refractivity contribution in [2.45, 2.75) is 45.3 Å². The molecule has 3 N–H and O–H groups in total. The molecule has 20 heavy (non-hydrogen) atoms. The number of halogens is 3. The van der Waals surface area contributed by atoms with Crippen molar-refractivity contribution >= 4 is 16.2 Å². The zero-order chi connectivity index (χ0) is 16.0. The summed E-state index contributed by atoms with van der Waals surface area (Å²) in [4.78, 5) is 10.6. The lowest BCUT2D eigenvalue weighted by Crippen LogP contribution is -2.44. The molecule has 120 valence electrons. The van der Waals surface area contributed by atoms with E-state index >= 15 is 0 Å². The van der Waals surface area contributed by atoms with Crippen molar-refractivity contribution in [3.05, 3.63) is 0 Å². The van der Waals surface area contributed by atoms with Gasteiger partial charge in [-0.2, -0.15) is 31.0 Å². The molecule has 0 aromatic carbocycles. The Hall–Kier alpha value is -0.870. The lowest BCUT2D eigenvalue weighted by Gasteiger charge is -2.16. The van der Waals surface area contributed by atoms with Crippen LogP contribution in [-0.4, -0.2) is 38.3 Å². The fraction of sp³-hybridized carbons (Fsp3) is 0.900. The van der Waals surface area contributed by atoms with E-state index in [-0.39, 0.29) is 0 Å². The molecular weight excluding hydrogens is 301 g/mol. The van der Waals surface area contributed by atoms with Crippen LogP contribution in [0.4, 0.5) is 13.2 Å². The van der Waals surface area contributed by atoms with E-state index in [1.165, 1.54) is 18.6 Å². The monoisotopic (exact) mass is 320 g/mol. The first-order valence-electron chi connectivity index (χ1n) is 5.99. The molecule has 0 radical (unpaired) electrons. The van der Waals surface area contributed by atoms with Crippen molar-refractivity contribution in [3.8, 4) is 0 Å². The highest BCUT2D eigenvalue weighted by Gasteiger charge is 2.29. The lowest BCUT2D eigenvalue weighted by molar-refractivity contribution is -0.141. The Labute approximate surface area is 115 Å². The van der Waals surface area contributed by atoms with Crippen LogP contribution in [0.3, 0.4) is 0 Å². The summed E-state index contributed by atoms with van der Waals surface area (Å²) in [5.41, 5.74) is 0. The predicted octanol–water partition coefficient (Wildman–Crippen LogP) is 1.25. The second-order valence-electron chi connectivity index (χ2n) is 4.63. The number of hydrogen-bond acceptors (Lipinski definition) is 3. The van der Waals surface area contributed by atoms with E-state index in [1.54, 1.807) is 0 Å². The lowest BCUT2D eigenvalue weighted by atomic mass is 10.0. The molecule has 6 nitrogen and oxygen atoms in total. The molecule has 0 aliphatic heterocycles. The summed E-state index contributed by atoms with van der Waals surface area (Å²) in [6.07, 6.45) is -3.45. The molecule has 0 saturated heterocycles. The van der Waals surface area contributed by atoms with Crippen LogP contribution >= 0.6 is 0 Å². The second kappa shape index (κ2) is 7.79. The topological polar surface area (TPSA) is 95.5 Å². The minimum absolute atomic E-state index is 0.338. The zero-order valence-electron chi connectivity index (χ0n) is 11.2. The van der Waals surface area contributed by atoms with Crippen LogP contribution in [0.15, 0.2) is 0 Å².